The Balaban J connectivity index is 3.08. The summed E-state index contributed by atoms with van der Waals surface area (Å²) in [6.45, 7) is 4.67. The highest BCUT2D eigenvalue weighted by Gasteiger charge is 2.06. The molecule has 0 nitrogen and oxygen atoms in total. The van der Waals surface area contributed by atoms with Gasteiger partial charge in [0.2, 0.25) is 0 Å². The van der Waals surface area contributed by atoms with Crippen LogP contribution in [-0.4, -0.2) is 15.1 Å². The van der Waals surface area contributed by atoms with Crippen molar-refractivity contribution in [3.8, 4) is 0 Å². The summed E-state index contributed by atoms with van der Waals surface area (Å²) >= 11 is 7.69. The quantitative estimate of drug-likeness (QED) is 0.437. The standard InChI is InChI=1S/C10H15ClSSi/c1-12-9-4-5-10(13(2)3)8(6-9)7-11/h4-6,13H,7H2,1-3H3. The van der Waals surface area contributed by atoms with Crippen LogP contribution in [0.15, 0.2) is 23.1 Å². The number of halogens is 1. The summed E-state index contributed by atoms with van der Waals surface area (Å²) in [5.41, 5.74) is 1.33. The lowest BCUT2D eigenvalue weighted by atomic mass is 10.2. The molecule has 1 rings (SSSR count). The predicted octanol–water partition coefficient (Wildman–Crippen LogP) is 2.84. The van der Waals surface area contributed by atoms with E-state index in [0.29, 0.717) is 5.88 Å². The van der Waals surface area contributed by atoms with Crippen LogP contribution in [0.2, 0.25) is 13.1 Å². The Kier molecular flexibility index (Phi) is 4.36. The first-order valence-electron chi connectivity index (χ1n) is 4.41. The van der Waals surface area contributed by atoms with E-state index in [-0.39, 0.29) is 0 Å². The molecule has 1 aromatic carbocycles. The summed E-state index contributed by atoms with van der Waals surface area (Å²) < 4.78 is 0. The van der Waals surface area contributed by atoms with E-state index in [1.807, 2.05) is 0 Å². The molecule has 0 aliphatic heterocycles. The molecule has 0 heterocycles. The zero-order chi connectivity index (χ0) is 9.84. The number of benzene rings is 1. The summed E-state index contributed by atoms with van der Waals surface area (Å²) in [4.78, 5) is 1.31. The molecule has 0 fully saturated rings. The molecule has 0 unspecified atom stereocenters. The third kappa shape index (κ3) is 2.76. The zero-order valence-electron chi connectivity index (χ0n) is 8.30. The first-order chi connectivity index (χ1) is 6.19. The van der Waals surface area contributed by atoms with Crippen molar-refractivity contribution in [2.45, 2.75) is 23.9 Å². The van der Waals surface area contributed by atoms with Crippen LogP contribution >= 0.6 is 23.4 Å². The average molecular weight is 231 g/mol. The van der Waals surface area contributed by atoms with Crippen molar-refractivity contribution in [2.24, 2.45) is 0 Å². The van der Waals surface area contributed by atoms with Crippen LogP contribution in [0.3, 0.4) is 0 Å². The second-order valence-electron chi connectivity index (χ2n) is 3.35. The normalized spacial score (nSPS) is 10.8. The molecule has 0 saturated carbocycles. The van der Waals surface area contributed by atoms with Crippen molar-refractivity contribution in [2.75, 3.05) is 6.26 Å². The number of hydrogen-bond acceptors (Lipinski definition) is 1. The first kappa shape index (κ1) is 11.2. The highest BCUT2D eigenvalue weighted by Crippen LogP contribution is 2.16. The molecule has 0 aliphatic carbocycles. The third-order valence-electron chi connectivity index (χ3n) is 2.12. The molecule has 0 aliphatic rings. The Morgan fingerprint density at radius 3 is 2.54 bits per heavy atom. The topological polar surface area (TPSA) is 0 Å². The van der Waals surface area contributed by atoms with E-state index in [1.165, 1.54) is 15.6 Å². The smallest absolute Gasteiger partial charge is 0.0651 e. The average Bonchev–Trinajstić information content (AvgIpc) is 2.16. The zero-order valence-corrected chi connectivity index (χ0v) is 11.0. The van der Waals surface area contributed by atoms with E-state index in [4.69, 9.17) is 11.6 Å². The molecule has 0 spiro atoms. The Labute approximate surface area is 91.3 Å². The molecule has 13 heavy (non-hydrogen) atoms. The van der Waals surface area contributed by atoms with Gasteiger partial charge in [0, 0.05) is 10.8 Å². The van der Waals surface area contributed by atoms with Crippen molar-refractivity contribution in [1.82, 2.24) is 0 Å². The maximum Gasteiger partial charge on any atom is 0.0651 e. The van der Waals surface area contributed by atoms with Crippen molar-refractivity contribution in [3.63, 3.8) is 0 Å². The van der Waals surface area contributed by atoms with Crippen LogP contribution in [0, 0.1) is 0 Å². The van der Waals surface area contributed by atoms with Crippen LogP contribution in [-0.2, 0) is 5.88 Å². The highest BCUT2D eigenvalue weighted by atomic mass is 35.5. The van der Waals surface area contributed by atoms with Crippen molar-refractivity contribution < 1.29 is 0 Å². The second-order valence-corrected chi connectivity index (χ2v) is 7.43. The van der Waals surface area contributed by atoms with Gasteiger partial charge in [-0.1, -0.05) is 24.3 Å². The number of thioether (sulfide) groups is 1. The molecule has 0 saturated heterocycles. The minimum Gasteiger partial charge on any atom is -0.130 e. The van der Waals surface area contributed by atoms with Gasteiger partial charge in [-0.05, 0) is 24.0 Å². The van der Waals surface area contributed by atoms with E-state index in [0.717, 1.165) is 0 Å². The molecular formula is C10H15ClSSi. The van der Waals surface area contributed by atoms with Crippen molar-refractivity contribution >= 4 is 37.3 Å². The largest absolute Gasteiger partial charge is 0.130 e. The molecule has 0 bridgehead atoms. The molecule has 72 valence electrons. The van der Waals surface area contributed by atoms with Crippen LogP contribution < -0.4 is 5.19 Å². The van der Waals surface area contributed by atoms with Crippen molar-refractivity contribution in [1.29, 1.82) is 0 Å². The monoisotopic (exact) mass is 230 g/mol. The van der Waals surface area contributed by atoms with E-state index in [9.17, 15) is 0 Å². The van der Waals surface area contributed by atoms with Crippen LogP contribution in [0.5, 0.6) is 0 Å². The fourth-order valence-corrected chi connectivity index (χ4v) is 3.62. The van der Waals surface area contributed by atoms with Gasteiger partial charge in [0.1, 0.15) is 0 Å². The SMILES string of the molecule is CSc1ccc([SiH](C)C)c(CCl)c1. The Bertz CT molecular complexity index is 286. The lowest BCUT2D eigenvalue weighted by Crippen LogP contribution is -2.26. The molecular weight excluding hydrogens is 216 g/mol. The second kappa shape index (κ2) is 5.08. The molecule has 0 amide bonds. The van der Waals surface area contributed by atoms with E-state index < -0.39 is 8.80 Å². The Morgan fingerprint density at radius 2 is 2.08 bits per heavy atom. The van der Waals surface area contributed by atoms with E-state index in [2.05, 4.69) is 37.5 Å². The summed E-state index contributed by atoms with van der Waals surface area (Å²) in [6, 6.07) is 6.67. The lowest BCUT2D eigenvalue weighted by molar-refractivity contribution is 1.35. The number of hydrogen-bond donors (Lipinski definition) is 0. The minimum atomic E-state index is -0.711. The lowest BCUT2D eigenvalue weighted by Gasteiger charge is -2.10. The van der Waals surface area contributed by atoms with Crippen LogP contribution in [0.4, 0.5) is 0 Å². The first-order valence-corrected chi connectivity index (χ1v) is 9.06. The van der Waals surface area contributed by atoms with Gasteiger partial charge in [0.25, 0.3) is 0 Å². The number of alkyl halides is 1. The predicted molar refractivity (Wildman–Crippen MR) is 66.3 cm³/mol. The van der Waals surface area contributed by atoms with Gasteiger partial charge in [0.05, 0.1) is 8.80 Å². The summed E-state index contributed by atoms with van der Waals surface area (Å²) in [6.07, 6.45) is 2.10. The van der Waals surface area contributed by atoms with Gasteiger partial charge in [-0.15, -0.1) is 23.4 Å². The van der Waals surface area contributed by atoms with Gasteiger partial charge in [-0.3, -0.25) is 0 Å². The molecule has 0 atom stereocenters. The maximum absolute atomic E-state index is 5.92. The molecule has 1 aromatic rings. The van der Waals surface area contributed by atoms with Crippen LogP contribution in [0.1, 0.15) is 5.56 Å². The van der Waals surface area contributed by atoms with E-state index in [1.54, 1.807) is 11.8 Å². The minimum absolute atomic E-state index is 0.648. The van der Waals surface area contributed by atoms with E-state index >= 15 is 0 Å². The molecule has 3 heteroatoms. The molecule has 0 N–H and O–H groups in total. The van der Waals surface area contributed by atoms with Gasteiger partial charge >= 0.3 is 0 Å². The summed E-state index contributed by atoms with van der Waals surface area (Å²) in [5.74, 6) is 0.648. The van der Waals surface area contributed by atoms with Gasteiger partial charge < -0.3 is 0 Å². The Hall–Kier alpha value is 0.0769. The summed E-state index contributed by atoms with van der Waals surface area (Å²) in [5, 5.41) is 1.51. The highest BCUT2D eigenvalue weighted by molar-refractivity contribution is 7.98. The summed E-state index contributed by atoms with van der Waals surface area (Å²) in [7, 11) is -0.711. The molecule has 0 aromatic heterocycles. The third-order valence-corrected chi connectivity index (χ3v) is 4.94. The fourth-order valence-electron chi connectivity index (χ4n) is 1.39. The maximum atomic E-state index is 5.92. The van der Waals surface area contributed by atoms with Gasteiger partial charge in [-0.25, -0.2) is 0 Å². The number of rotatable bonds is 3. The van der Waals surface area contributed by atoms with Crippen molar-refractivity contribution in [3.05, 3.63) is 23.8 Å². The molecule has 0 radical (unpaired) electrons. The van der Waals surface area contributed by atoms with Crippen LogP contribution in [0.25, 0.3) is 0 Å². The fraction of sp³-hybridized carbons (Fsp3) is 0.400. The van der Waals surface area contributed by atoms with Gasteiger partial charge in [-0.2, -0.15) is 0 Å². The Morgan fingerprint density at radius 1 is 1.38 bits per heavy atom. The van der Waals surface area contributed by atoms with Gasteiger partial charge in [0.15, 0.2) is 0 Å².